The number of aromatic nitrogens is 2. The maximum Gasteiger partial charge on any atom is 0.248 e. The Hall–Kier alpha value is -3.06. The van der Waals surface area contributed by atoms with Gasteiger partial charge in [0.15, 0.2) is 0 Å². The maximum absolute atomic E-state index is 11.7. The number of rotatable bonds is 5. The highest BCUT2D eigenvalue weighted by Crippen LogP contribution is 2.24. The number of benzene rings is 2. The summed E-state index contributed by atoms with van der Waals surface area (Å²) in [5.41, 5.74) is 1.83. The minimum absolute atomic E-state index is 0.00836. The minimum atomic E-state index is -0.00836. The van der Waals surface area contributed by atoms with Crippen molar-refractivity contribution in [2.24, 2.45) is 0 Å². The fourth-order valence-electron chi connectivity index (χ4n) is 3.18. The molecular formula is C20H21N3O4. The summed E-state index contributed by atoms with van der Waals surface area (Å²) in [5, 5.41) is 16.2. The number of nitrogens with zero attached hydrogens (tertiary/aromatic N) is 3. The molecule has 27 heavy (non-hydrogen) atoms. The lowest BCUT2D eigenvalue weighted by molar-refractivity contribution is -0.143. The second-order valence-electron chi connectivity index (χ2n) is 6.53. The van der Waals surface area contributed by atoms with Crippen molar-refractivity contribution in [3.63, 3.8) is 0 Å². The molecule has 7 nitrogen and oxygen atoms in total. The van der Waals surface area contributed by atoms with Crippen molar-refractivity contribution in [2.75, 3.05) is 32.9 Å². The van der Waals surface area contributed by atoms with Crippen LogP contribution in [0.15, 0.2) is 42.5 Å². The van der Waals surface area contributed by atoms with Gasteiger partial charge in [-0.1, -0.05) is 12.1 Å². The number of aryl methyl sites for hydroxylation is 1. The quantitative estimate of drug-likeness (QED) is 0.749. The summed E-state index contributed by atoms with van der Waals surface area (Å²) in [6.07, 6.45) is 0. The van der Waals surface area contributed by atoms with Crippen LogP contribution in [0, 0.1) is 6.92 Å². The Morgan fingerprint density at radius 2 is 2.04 bits per heavy atom. The van der Waals surface area contributed by atoms with Gasteiger partial charge in [0.2, 0.25) is 11.8 Å². The van der Waals surface area contributed by atoms with E-state index in [4.69, 9.17) is 9.47 Å². The van der Waals surface area contributed by atoms with Crippen LogP contribution in [0.2, 0.25) is 0 Å². The molecule has 1 aromatic heterocycles. The molecule has 0 radical (unpaired) electrons. The number of hydrogen-bond donors (Lipinski definition) is 1. The lowest BCUT2D eigenvalue weighted by Gasteiger charge is -2.26. The molecule has 4 rings (SSSR count). The van der Waals surface area contributed by atoms with Gasteiger partial charge in [-0.05, 0) is 42.0 Å². The maximum atomic E-state index is 11.7. The van der Waals surface area contributed by atoms with E-state index < -0.39 is 0 Å². The summed E-state index contributed by atoms with van der Waals surface area (Å²) < 4.78 is 12.7. The van der Waals surface area contributed by atoms with Crippen molar-refractivity contribution < 1.29 is 19.4 Å². The SMILES string of the molecule is Cc1cc(OCCN2CCOCC2=O)nn1-c1ccc2ccc(O)cc2c1. The largest absolute Gasteiger partial charge is 0.508 e. The highest BCUT2D eigenvalue weighted by molar-refractivity contribution is 5.85. The zero-order valence-corrected chi connectivity index (χ0v) is 15.1. The summed E-state index contributed by atoms with van der Waals surface area (Å²) in [5.74, 6) is 0.744. The van der Waals surface area contributed by atoms with Crippen LogP contribution in [0.25, 0.3) is 16.5 Å². The van der Waals surface area contributed by atoms with E-state index in [0.29, 0.717) is 32.2 Å². The Morgan fingerprint density at radius 3 is 2.89 bits per heavy atom. The fraction of sp³-hybridized carbons (Fsp3) is 0.300. The van der Waals surface area contributed by atoms with Gasteiger partial charge in [-0.2, -0.15) is 0 Å². The van der Waals surface area contributed by atoms with Crippen molar-refractivity contribution in [3.8, 4) is 17.3 Å². The van der Waals surface area contributed by atoms with E-state index in [1.165, 1.54) is 0 Å². The molecule has 0 atom stereocenters. The van der Waals surface area contributed by atoms with Gasteiger partial charge in [0.1, 0.15) is 19.0 Å². The summed E-state index contributed by atoms with van der Waals surface area (Å²) >= 11 is 0. The molecule has 0 bridgehead atoms. The third kappa shape index (κ3) is 3.73. The summed E-state index contributed by atoms with van der Waals surface area (Å²) in [6.45, 7) is 4.16. The number of carbonyl (C=O) groups is 1. The van der Waals surface area contributed by atoms with E-state index in [1.807, 2.05) is 37.3 Å². The number of fused-ring (bicyclic) bond motifs is 1. The lowest BCUT2D eigenvalue weighted by Crippen LogP contribution is -2.43. The Labute approximate surface area is 156 Å². The Bertz CT molecular complexity index is 983. The molecule has 1 aliphatic rings. The van der Waals surface area contributed by atoms with Gasteiger partial charge in [0.05, 0.1) is 18.8 Å². The number of carbonyl (C=O) groups excluding carboxylic acids is 1. The molecule has 0 spiro atoms. The van der Waals surface area contributed by atoms with Crippen LogP contribution < -0.4 is 4.74 Å². The molecule has 1 fully saturated rings. The van der Waals surface area contributed by atoms with Gasteiger partial charge < -0.3 is 19.5 Å². The number of phenols is 1. The smallest absolute Gasteiger partial charge is 0.248 e. The first-order valence-corrected chi connectivity index (χ1v) is 8.88. The number of aromatic hydroxyl groups is 1. The Kier molecular flexibility index (Phi) is 4.68. The second-order valence-corrected chi connectivity index (χ2v) is 6.53. The topological polar surface area (TPSA) is 76.8 Å². The predicted octanol–water partition coefficient (Wildman–Crippen LogP) is 2.28. The first-order valence-electron chi connectivity index (χ1n) is 8.88. The minimum Gasteiger partial charge on any atom is -0.508 e. The molecule has 3 aromatic rings. The summed E-state index contributed by atoms with van der Waals surface area (Å²) in [7, 11) is 0. The third-order valence-corrected chi connectivity index (χ3v) is 4.61. The standard InChI is InChI=1S/C20H21N3O4/c1-14-10-19(27-9-7-22-6-8-26-13-20(22)25)21-23(14)17-4-2-15-3-5-18(24)12-16(15)11-17/h2-5,10-12,24H,6-9,13H2,1H3. The van der Waals surface area contributed by atoms with Gasteiger partial charge >= 0.3 is 0 Å². The van der Waals surface area contributed by atoms with Crippen LogP contribution in [-0.4, -0.2) is 58.6 Å². The molecule has 1 aliphatic heterocycles. The first-order chi connectivity index (χ1) is 13.1. The molecule has 1 amide bonds. The normalized spacial score (nSPS) is 14.7. The van der Waals surface area contributed by atoms with Crippen LogP contribution in [0.1, 0.15) is 5.69 Å². The van der Waals surface area contributed by atoms with Crippen LogP contribution in [0.5, 0.6) is 11.6 Å². The van der Waals surface area contributed by atoms with Gasteiger partial charge in [-0.15, -0.1) is 5.10 Å². The molecule has 0 saturated carbocycles. The Morgan fingerprint density at radius 1 is 1.19 bits per heavy atom. The van der Waals surface area contributed by atoms with E-state index in [0.717, 1.165) is 22.2 Å². The van der Waals surface area contributed by atoms with E-state index in [9.17, 15) is 9.90 Å². The van der Waals surface area contributed by atoms with Crippen molar-refractivity contribution in [1.29, 1.82) is 0 Å². The average molecular weight is 367 g/mol. The Balaban J connectivity index is 1.47. The van der Waals surface area contributed by atoms with Crippen molar-refractivity contribution in [1.82, 2.24) is 14.7 Å². The van der Waals surface area contributed by atoms with Crippen molar-refractivity contribution in [2.45, 2.75) is 6.92 Å². The highest BCUT2D eigenvalue weighted by Gasteiger charge is 2.18. The number of morpholine rings is 1. The van der Waals surface area contributed by atoms with Gasteiger partial charge in [-0.3, -0.25) is 4.79 Å². The van der Waals surface area contributed by atoms with E-state index in [2.05, 4.69) is 5.10 Å². The fourth-order valence-corrected chi connectivity index (χ4v) is 3.18. The molecular weight excluding hydrogens is 346 g/mol. The van der Waals surface area contributed by atoms with Crippen LogP contribution in [0.4, 0.5) is 0 Å². The summed E-state index contributed by atoms with van der Waals surface area (Å²) in [6, 6.07) is 13.1. The first kappa shape index (κ1) is 17.4. The van der Waals surface area contributed by atoms with E-state index in [1.54, 1.807) is 21.7 Å². The van der Waals surface area contributed by atoms with Crippen LogP contribution in [-0.2, 0) is 9.53 Å². The molecule has 0 unspecified atom stereocenters. The van der Waals surface area contributed by atoms with Gasteiger partial charge in [0.25, 0.3) is 0 Å². The molecule has 2 aromatic carbocycles. The van der Waals surface area contributed by atoms with E-state index in [-0.39, 0.29) is 18.3 Å². The predicted molar refractivity (Wildman–Crippen MR) is 100 cm³/mol. The van der Waals surface area contributed by atoms with Crippen LogP contribution >= 0.6 is 0 Å². The van der Waals surface area contributed by atoms with Gasteiger partial charge in [0, 0.05) is 18.3 Å². The molecule has 7 heteroatoms. The zero-order valence-electron chi connectivity index (χ0n) is 15.1. The zero-order chi connectivity index (χ0) is 18.8. The van der Waals surface area contributed by atoms with Crippen molar-refractivity contribution >= 4 is 16.7 Å². The number of hydrogen-bond acceptors (Lipinski definition) is 5. The number of ether oxygens (including phenoxy) is 2. The van der Waals surface area contributed by atoms with E-state index >= 15 is 0 Å². The summed E-state index contributed by atoms with van der Waals surface area (Å²) in [4.78, 5) is 13.5. The van der Waals surface area contributed by atoms with Gasteiger partial charge in [-0.25, -0.2) is 4.68 Å². The molecule has 0 aliphatic carbocycles. The molecule has 1 saturated heterocycles. The molecule has 140 valence electrons. The lowest BCUT2D eigenvalue weighted by atomic mass is 10.1. The molecule has 2 heterocycles. The van der Waals surface area contributed by atoms with Crippen LogP contribution in [0.3, 0.4) is 0 Å². The third-order valence-electron chi connectivity index (χ3n) is 4.61. The monoisotopic (exact) mass is 367 g/mol. The number of phenolic OH excluding ortho intramolecular Hbond substituents is 1. The van der Waals surface area contributed by atoms with Crippen molar-refractivity contribution in [3.05, 3.63) is 48.2 Å². The average Bonchev–Trinajstić information content (AvgIpc) is 3.03. The molecule has 1 N–H and O–H groups in total. The second kappa shape index (κ2) is 7.28. The highest BCUT2D eigenvalue weighted by atomic mass is 16.5. The number of amides is 1.